The first kappa shape index (κ1) is 7.59. The van der Waals surface area contributed by atoms with E-state index in [9.17, 15) is 0 Å². The minimum Gasteiger partial charge on any atom is -0.0956 e. The normalized spacial score (nSPS) is 19.3. The van der Waals surface area contributed by atoms with Crippen molar-refractivity contribution in [3.63, 3.8) is 0 Å². The van der Waals surface area contributed by atoms with Crippen LogP contribution in [0.5, 0.6) is 0 Å². The van der Waals surface area contributed by atoms with Gasteiger partial charge in [0.05, 0.1) is 0 Å². The second-order valence-corrected chi connectivity index (χ2v) is 3.01. The molecule has 0 aromatic carbocycles. The van der Waals surface area contributed by atoms with Gasteiger partial charge in [-0.25, -0.2) is 0 Å². The van der Waals surface area contributed by atoms with Gasteiger partial charge in [0.25, 0.3) is 0 Å². The van der Waals surface area contributed by atoms with Crippen LogP contribution in [0.1, 0.15) is 32.6 Å². The molecule has 0 heterocycles. The van der Waals surface area contributed by atoms with E-state index in [0.29, 0.717) is 0 Å². The molecule has 0 bridgehead atoms. The number of allylic oxidation sites excluding steroid dienone is 3. The summed E-state index contributed by atoms with van der Waals surface area (Å²) in [6.07, 6.45) is 9.65. The molecule has 0 unspecified atom stereocenters. The second-order valence-electron chi connectivity index (χ2n) is 3.01. The van der Waals surface area contributed by atoms with Crippen molar-refractivity contribution < 1.29 is 0 Å². The van der Waals surface area contributed by atoms with Gasteiger partial charge >= 0.3 is 0 Å². The lowest BCUT2D eigenvalue weighted by molar-refractivity contribution is 0.375. The summed E-state index contributed by atoms with van der Waals surface area (Å²) in [5.41, 5.74) is 1.34. The van der Waals surface area contributed by atoms with Crippen molar-refractivity contribution in [2.24, 2.45) is 5.92 Å². The molecule has 0 aromatic rings. The summed E-state index contributed by atoms with van der Waals surface area (Å²) in [5.74, 6) is 0.822. The largest absolute Gasteiger partial charge is 0.0956 e. The van der Waals surface area contributed by atoms with Crippen LogP contribution in [0.25, 0.3) is 0 Å². The van der Waals surface area contributed by atoms with Gasteiger partial charge in [0, 0.05) is 0 Å². The van der Waals surface area contributed by atoms with Crippen molar-refractivity contribution in [1.82, 2.24) is 0 Å². The Morgan fingerprint density at radius 1 is 1.60 bits per heavy atom. The van der Waals surface area contributed by atoms with Gasteiger partial charge < -0.3 is 0 Å². The summed E-state index contributed by atoms with van der Waals surface area (Å²) < 4.78 is 0. The quantitative estimate of drug-likeness (QED) is 0.522. The summed E-state index contributed by atoms with van der Waals surface area (Å²) >= 11 is 0. The summed E-state index contributed by atoms with van der Waals surface area (Å²) in [4.78, 5) is 0. The molecular weight excluding hydrogens is 120 g/mol. The molecule has 0 atom stereocenters. The van der Waals surface area contributed by atoms with Crippen molar-refractivity contribution in [1.29, 1.82) is 0 Å². The highest BCUT2D eigenvalue weighted by atomic mass is 14.2. The van der Waals surface area contributed by atoms with E-state index in [1.165, 1.54) is 24.8 Å². The van der Waals surface area contributed by atoms with Crippen LogP contribution in [0.2, 0.25) is 0 Å². The van der Waals surface area contributed by atoms with Crippen LogP contribution in [-0.2, 0) is 0 Å². The predicted octanol–water partition coefficient (Wildman–Crippen LogP) is 3.31. The van der Waals surface area contributed by atoms with Crippen molar-refractivity contribution in [2.45, 2.75) is 32.6 Å². The fourth-order valence-electron chi connectivity index (χ4n) is 1.18. The van der Waals surface area contributed by atoms with E-state index in [1.807, 2.05) is 0 Å². The number of hydrogen-bond donors (Lipinski definition) is 0. The molecule has 0 radical (unpaired) electrons. The zero-order valence-corrected chi connectivity index (χ0v) is 6.77. The molecule has 0 nitrogen and oxygen atoms in total. The molecule has 0 spiro atoms. The fourth-order valence-corrected chi connectivity index (χ4v) is 1.18. The van der Waals surface area contributed by atoms with E-state index in [0.717, 1.165) is 12.3 Å². The fraction of sp³-hybridized carbons (Fsp3) is 0.600. The molecule has 0 aliphatic heterocycles. The molecular formula is C10H16. The van der Waals surface area contributed by atoms with E-state index in [4.69, 9.17) is 0 Å². The Balaban J connectivity index is 2.26. The summed E-state index contributed by atoms with van der Waals surface area (Å²) in [5, 5.41) is 0. The highest BCUT2D eigenvalue weighted by molar-refractivity contribution is 5.19. The minimum atomic E-state index is 0.822. The second kappa shape index (κ2) is 3.60. The minimum absolute atomic E-state index is 0.822. The van der Waals surface area contributed by atoms with E-state index >= 15 is 0 Å². The number of rotatable bonds is 3. The lowest BCUT2D eigenvalue weighted by Gasteiger charge is -2.25. The van der Waals surface area contributed by atoms with Crippen LogP contribution in [-0.4, -0.2) is 0 Å². The highest BCUT2D eigenvalue weighted by Crippen LogP contribution is 2.32. The summed E-state index contributed by atoms with van der Waals surface area (Å²) in [7, 11) is 0. The molecule has 0 amide bonds. The lowest BCUT2D eigenvalue weighted by atomic mass is 9.80. The summed E-state index contributed by atoms with van der Waals surface area (Å²) in [6, 6.07) is 0. The van der Waals surface area contributed by atoms with Gasteiger partial charge in [0.2, 0.25) is 0 Å². The van der Waals surface area contributed by atoms with Crippen LogP contribution < -0.4 is 0 Å². The Morgan fingerprint density at radius 3 is 2.70 bits per heavy atom. The number of hydrogen-bond acceptors (Lipinski definition) is 0. The Labute approximate surface area is 63.6 Å². The molecule has 0 saturated heterocycles. The third-order valence-corrected chi connectivity index (χ3v) is 2.20. The Morgan fingerprint density at radius 2 is 2.30 bits per heavy atom. The third-order valence-electron chi connectivity index (χ3n) is 2.20. The van der Waals surface area contributed by atoms with Crippen LogP contribution in [0, 0.1) is 5.92 Å². The van der Waals surface area contributed by atoms with Gasteiger partial charge in [-0.15, -0.1) is 0 Å². The predicted molar refractivity (Wildman–Crippen MR) is 45.9 cm³/mol. The van der Waals surface area contributed by atoms with Crippen LogP contribution in [0.15, 0.2) is 24.3 Å². The topological polar surface area (TPSA) is 0 Å². The Hall–Kier alpha value is -0.520. The van der Waals surface area contributed by atoms with Gasteiger partial charge in [0.1, 0.15) is 0 Å². The smallest absolute Gasteiger partial charge is 0.0168 e. The van der Waals surface area contributed by atoms with Gasteiger partial charge in [-0.3, -0.25) is 0 Å². The molecule has 1 aliphatic rings. The molecule has 0 heteroatoms. The Bertz CT molecular complexity index is 138. The van der Waals surface area contributed by atoms with Gasteiger partial charge in [-0.1, -0.05) is 37.6 Å². The van der Waals surface area contributed by atoms with Crippen LogP contribution in [0.3, 0.4) is 0 Å². The van der Waals surface area contributed by atoms with Crippen molar-refractivity contribution >= 4 is 0 Å². The maximum atomic E-state index is 4.03. The summed E-state index contributed by atoms with van der Waals surface area (Å²) in [6.45, 7) is 6.18. The zero-order chi connectivity index (χ0) is 7.40. The maximum Gasteiger partial charge on any atom is -0.0168 e. The van der Waals surface area contributed by atoms with Crippen LogP contribution in [0.4, 0.5) is 0 Å². The first-order chi connectivity index (χ1) is 4.84. The average molecular weight is 136 g/mol. The molecule has 0 N–H and O–H groups in total. The molecule has 1 saturated carbocycles. The van der Waals surface area contributed by atoms with Crippen LogP contribution >= 0.6 is 0 Å². The Kier molecular flexibility index (Phi) is 2.73. The first-order valence-corrected chi connectivity index (χ1v) is 4.20. The van der Waals surface area contributed by atoms with Gasteiger partial charge in [-0.05, 0) is 25.2 Å². The zero-order valence-electron chi connectivity index (χ0n) is 6.77. The van der Waals surface area contributed by atoms with Crippen molar-refractivity contribution in [3.05, 3.63) is 24.3 Å². The monoisotopic (exact) mass is 136 g/mol. The van der Waals surface area contributed by atoms with E-state index < -0.39 is 0 Å². The molecule has 10 heavy (non-hydrogen) atoms. The maximum absolute atomic E-state index is 4.03. The highest BCUT2D eigenvalue weighted by Gasteiger charge is 2.18. The molecule has 1 fully saturated rings. The van der Waals surface area contributed by atoms with E-state index in [2.05, 4.69) is 25.7 Å². The van der Waals surface area contributed by atoms with E-state index in [1.54, 1.807) is 0 Å². The average Bonchev–Trinajstić information content (AvgIpc) is 1.79. The molecule has 1 aliphatic carbocycles. The molecule has 56 valence electrons. The van der Waals surface area contributed by atoms with E-state index in [-0.39, 0.29) is 0 Å². The SMILES string of the molecule is C=C(/C=C\CC)C1CCC1. The third kappa shape index (κ3) is 1.73. The van der Waals surface area contributed by atoms with Crippen molar-refractivity contribution in [3.8, 4) is 0 Å². The standard InChI is InChI=1S/C10H16/c1-3-4-6-9(2)10-7-5-8-10/h4,6,10H,2-3,5,7-8H2,1H3/b6-4-. The van der Waals surface area contributed by atoms with Crippen molar-refractivity contribution in [2.75, 3.05) is 0 Å². The lowest BCUT2D eigenvalue weighted by Crippen LogP contribution is -2.11. The molecule has 0 aromatic heterocycles. The molecule has 1 rings (SSSR count). The van der Waals surface area contributed by atoms with Gasteiger partial charge in [0.15, 0.2) is 0 Å². The first-order valence-electron chi connectivity index (χ1n) is 4.20. The van der Waals surface area contributed by atoms with Gasteiger partial charge in [-0.2, -0.15) is 0 Å².